The molecular weight excluding hydrogens is 270 g/mol. The van der Waals surface area contributed by atoms with Crippen molar-refractivity contribution in [3.8, 4) is 10.6 Å². The molecule has 0 radical (unpaired) electrons. The molecule has 0 saturated carbocycles. The number of anilines is 1. The fraction of sp³-hybridized carbons (Fsp3) is 0.333. The number of benzene rings is 1. The predicted molar refractivity (Wildman–Crippen MR) is 82.3 cm³/mol. The van der Waals surface area contributed by atoms with Gasteiger partial charge in [0.25, 0.3) is 5.91 Å². The first kappa shape index (κ1) is 13.1. The van der Waals surface area contributed by atoms with E-state index in [2.05, 4.69) is 9.88 Å². The summed E-state index contributed by atoms with van der Waals surface area (Å²) in [6.45, 7) is 3.98. The van der Waals surface area contributed by atoms with E-state index in [9.17, 15) is 4.79 Å². The van der Waals surface area contributed by atoms with Crippen LogP contribution in [-0.4, -0.2) is 24.0 Å². The van der Waals surface area contributed by atoms with Crippen molar-refractivity contribution in [2.75, 3.05) is 18.0 Å². The molecule has 1 amide bonds. The minimum Gasteiger partial charge on any atom is -0.370 e. The number of nitrogens with two attached hydrogens (primary N) is 1. The fourth-order valence-corrected chi connectivity index (χ4v) is 3.47. The van der Waals surface area contributed by atoms with Gasteiger partial charge >= 0.3 is 0 Å². The average molecular weight is 287 g/mol. The molecule has 1 fully saturated rings. The Morgan fingerprint density at radius 1 is 1.35 bits per heavy atom. The summed E-state index contributed by atoms with van der Waals surface area (Å²) in [5, 5.41) is 0.951. The van der Waals surface area contributed by atoms with E-state index in [1.54, 1.807) is 17.4 Å². The molecule has 4 nitrogen and oxygen atoms in total. The summed E-state index contributed by atoms with van der Waals surface area (Å²) >= 11 is 1.64. The van der Waals surface area contributed by atoms with Crippen molar-refractivity contribution in [2.24, 2.45) is 5.73 Å². The zero-order valence-corrected chi connectivity index (χ0v) is 12.2. The largest absolute Gasteiger partial charge is 0.370 e. The van der Waals surface area contributed by atoms with E-state index in [1.807, 2.05) is 25.3 Å². The van der Waals surface area contributed by atoms with Gasteiger partial charge < -0.3 is 10.6 Å². The highest BCUT2D eigenvalue weighted by Gasteiger charge is 2.23. The Labute approximate surface area is 122 Å². The van der Waals surface area contributed by atoms with Crippen LogP contribution < -0.4 is 10.6 Å². The summed E-state index contributed by atoms with van der Waals surface area (Å²) < 4.78 is 0. The van der Waals surface area contributed by atoms with E-state index in [0.29, 0.717) is 5.56 Å². The van der Waals surface area contributed by atoms with Crippen molar-refractivity contribution in [1.29, 1.82) is 0 Å². The minimum absolute atomic E-state index is 0.373. The van der Waals surface area contributed by atoms with E-state index in [4.69, 9.17) is 5.73 Å². The van der Waals surface area contributed by atoms with Gasteiger partial charge in [-0.1, -0.05) is 6.07 Å². The van der Waals surface area contributed by atoms with E-state index in [0.717, 1.165) is 47.1 Å². The maximum absolute atomic E-state index is 11.7. The van der Waals surface area contributed by atoms with Crippen molar-refractivity contribution in [3.05, 3.63) is 34.8 Å². The summed E-state index contributed by atoms with van der Waals surface area (Å²) in [5.74, 6) is -0.373. The van der Waals surface area contributed by atoms with Crippen LogP contribution in [0.25, 0.3) is 10.6 Å². The van der Waals surface area contributed by atoms with Crippen LogP contribution >= 0.6 is 11.3 Å². The normalized spacial score (nSPS) is 14.8. The van der Waals surface area contributed by atoms with Gasteiger partial charge in [-0.25, -0.2) is 4.98 Å². The third kappa shape index (κ3) is 2.29. The number of carbonyl (C=O) groups excluding carboxylic acids is 1. The number of primary amides is 1. The SMILES string of the molecule is Cc1cnc(-c2cccc(C(N)=O)c2N2CCCC2)s1. The number of para-hydroxylation sites is 1. The van der Waals surface area contributed by atoms with Gasteiger partial charge in [-0.3, -0.25) is 4.79 Å². The second kappa shape index (κ2) is 5.25. The van der Waals surface area contributed by atoms with Crippen LogP contribution in [-0.2, 0) is 0 Å². The van der Waals surface area contributed by atoms with Crippen LogP contribution in [0.2, 0.25) is 0 Å². The number of carbonyl (C=O) groups is 1. The number of thiazole rings is 1. The zero-order chi connectivity index (χ0) is 14.1. The van der Waals surface area contributed by atoms with Crippen LogP contribution in [0.3, 0.4) is 0 Å². The van der Waals surface area contributed by atoms with Gasteiger partial charge in [0, 0.05) is 29.7 Å². The van der Waals surface area contributed by atoms with Crippen LogP contribution in [0.5, 0.6) is 0 Å². The molecule has 1 saturated heterocycles. The minimum atomic E-state index is -0.373. The van der Waals surface area contributed by atoms with Crippen molar-refractivity contribution in [2.45, 2.75) is 19.8 Å². The lowest BCUT2D eigenvalue weighted by molar-refractivity contribution is 0.100. The Hall–Kier alpha value is -1.88. The van der Waals surface area contributed by atoms with Crippen LogP contribution in [0.15, 0.2) is 24.4 Å². The Bertz CT molecular complexity index is 644. The molecule has 0 unspecified atom stereocenters. The number of hydrogen-bond donors (Lipinski definition) is 1. The van der Waals surface area contributed by atoms with Gasteiger partial charge in [-0.15, -0.1) is 11.3 Å². The molecule has 0 atom stereocenters. The average Bonchev–Trinajstić information content (AvgIpc) is 3.08. The molecule has 0 spiro atoms. The maximum Gasteiger partial charge on any atom is 0.250 e. The Kier molecular flexibility index (Phi) is 3.44. The Morgan fingerprint density at radius 2 is 2.10 bits per heavy atom. The lowest BCUT2D eigenvalue weighted by Crippen LogP contribution is -2.23. The number of aryl methyl sites for hydroxylation is 1. The molecule has 20 heavy (non-hydrogen) atoms. The van der Waals surface area contributed by atoms with Crippen LogP contribution in [0, 0.1) is 6.92 Å². The third-order valence-electron chi connectivity index (χ3n) is 3.58. The highest BCUT2D eigenvalue weighted by molar-refractivity contribution is 7.15. The molecular formula is C15H17N3OS. The standard InChI is InChI=1S/C15H17N3OS/c1-10-9-17-15(20-10)12-6-4-5-11(14(16)19)13(12)18-7-2-3-8-18/h4-6,9H,2-3,7-8H2,1H3,(H2,16,19). The van der Waals surface area contributed by atoms with Gasteiger partial charge in [0.2, 0.25) is 0 Å². The summed E-state index contributed by atoms with van der Waals surface area (Å²) in [4.78, 5) is 19.6. The summed E-state index contributed by atoms with van der Waals surface area (Å²) in [7, 11) is 0. The zero-order valence-electron chi connectivity index (χ0n) is 11.4. The summed E-state index contributed by atoms with van der Waals surface area (Å²) in [6.07, 6.45) is 4.18. The monoisotopic (exact) mass is 287 g/mol. The number of hydrogen-bond acceptors (Lipinski definition) is 4. The smallest absolute Gasteiger partial charge is 0.250 e. The van der Waals surface area contributed by atoms with E-state index in [-0.39, 0.29) is 5.91 Å². The molecule has 2 N–H and O–H groups in total. The number of aromatic nitrogens is 1. The molecule has 3 rings (SSSR count). The van der Waals surface area contributed by atoms with E-state index in [1.165, 1.54) is 0 Å². The molecule has 0 bridgehead atoms. The van der Waals surface area contributed by atoms with Gasteiger partial charge in [-0.05, 0) is 31.9 Å². The highest BCUT2D eigenvalue weighted by Crippen LogP contribution is 2.37. The first-order chi connectivity index (χ1) is 9.66. The summed E-state index contributed by atoms with van der Waals surface area (Å²) in [5.41, 5.74) is 8.11. The molecule has 1 aliphatic heterocycles. The number of rotatable bonds is 3. The number of nitrogens with zero attached hydrogens (tertiary/aromatic N) is 2. The lowest BCUT2D eigenvalue weighted by Gasteiger charge is -2.23. The van der Waals surface area contributed by atoms with Crippen LogP contribution in [0.4, 0.5) is 5.69 Å². The van der Waals surface area contributed by atoms with Crippen LogP contribution in [0.1, 0.15) is 28.1 Å². The third-order valence-corrected chi connectivity index (χ3v) is 4.52. The molecule has 1 aromatic heterocycles. The van der Waals surface area contributed by atoms with Gasteiger partial charge in [0.05, 0.1) is 11.3 Å². The topological polar surface area (TPSA) is 59.2 Å². The molecule has 2 aromatic rings. The lowest BCUT2D eigenvalue weighted by atomic mass is 10.1. The Balaban J connectivity index is 2.17. The van der Waals surface area contributed by atoms with Crippen molar-refractivity contribution in [1.82, 2.24) is 4.98 Å². The Morgan fingerprint density at radius 3 is 2.70 bits per heavy atom. The molecule has 0 aliphatic carbocycles. The molecule has 2 heterocycles. The first-order valence-corrected chi connectivity index (χ1v) is 7.59. The highest BCUT2D eigenvalue weighted by atomic mass is 32.1. The van der Waals surface area contributed by atoms with Crippen molar-refractivity contribution < 1.29 is 4.79 Å². The second-order valence-electron chi connectivity index (χ2n) is 5.04. The van der Waals surface area contributed by atoms with E-state index >= 15 is 0 Å². The molecule has 1 aromatic carbocycles. The van der Waals surface area contributed by atoms with Gasteiger partial charge in [0.1, 0.15) is 5.01 Å². The molecule has 1 aliphatic rings. The first-order valence-electron chi connectivity index (χ1n) is 6.77. The van der Waals surface area contributed by atoms with Gasteiger partial charge in [-0.2, -0.15) is 0 Å². The molecule has 104 valence electrons. The number of amides is 1. The van der Waals surface area contributed by atoms with E-state index < -0.39 is 0 Å². The van der Waals surface area contributed by atoms with Crippen molar-refractivity contribution >= 4 is 22.9 Å². The molecule has 5 heteroatoms. The maximum atomic E-state index is 11.7. The predicted octanol–water partition coefficient (Wildman–Crippen LogP) is 2.82. The van der Waals surface area contributed by atoms with Crippen molar-refractivity contribution in [3.63, 3.8) is 0 Å². The summed E-state index contributed by atoms with van der Waals surface area (Å²) in [6, 6.07) is 5.71. The van der Waals surface area contributed by atoms with Gasteiger partial charge in [0.15, 0.2) is 0 Å². The quantitative estimate of drug-likeness (QED) is 0.944. The fourth-order valence-electron chi connectivity index (χ4n) is 2.68. The second-order valence-corrected chi connectivity index (χ2v) is 6.27.